The van der Waals surface area contributed by atoms with Crippen LogP contribution in [0.3, 0.4) is 0 Å². The van der Waals surface area contributed by atoms with Crippen molar-refractivity contribution >= 4 is 23.9 Å². The first-order valence-corrected chi connectivity index (χ1v) is 10.7. The topological polar surface area (TPSA) is 125 Å². The maximum Gasteiger partial charge on any atom is 0.308 e. The van der Waals surface area contributed by atoms with Crippen LogP contribution in [0.4, 0.5) is 0 Å². The lowest BCUT2D eigenvalue weighted by molar-refractivity contribution is -0.230. The van der Waals surface area contributed by atoms with Crippen LogP contribution < -0.4 is 0 Å². The minimum Gasteiger partial charge on any atom is -0.481 e. The average molecular weight is 433 g/mol. The number of carboxylic acid groups (broad SMARTS) is 1. The summed E-state index contributed by atoms with van der Waals surface area (Å²) in [6.07, 6.45) is 1.95. The molecular weight excluding hydrogens is 396 g/mol. The summed E-state index contributed by atoms with van der Waals surface area (Å²) in [4.78, 5) is 44.7. The van der Waals surface area contributed by atoms with Crippen LogP contribution in [-0.2, 0) is 38.1 Å². The quantitative estimate of drug-likeness (QED) is 0.386. The van der Waals surface area contributed by atoms with E-state index in [9.17, 15) is 19.2 Å². The fourth-order valence-electron chi connectivity index (χ4n) is 2.52. The van der Waals surface area contributed by atoms with Crippen LogP contribution in [0.2, 0.25) is 0 Å². The van der Waals surface area contributed by atoms with E-state index in [-0.39, 0.29) is 37.4 Å². The summed E-state index contributed by atoms with van der Waals surface area (Å²) in [6.45, 7) is 7.50. The smallest absolute Gasteiger partial charge is 0.308 e. The Bertz CT molecular complexity index is 533. The maximum atomic E-state index is 11.8. The molecule has 9 heteroatoms. The van der Waals surface area contributed by atoms with Crippen LogP contribution in [0.15, 0.2) is 0 Å². The Balaban J connectivity index is 0.00000122. The summed E-state index contributed by atoms with van der Waals surface area (Å²) in [5.41, 5.74) is 0. The Morgan fingerprint density at radius 1 is 0.733 bits per heavy atom. The number of hydrogen-bond donors (Lipinski definition) is 1. The van der Waals surface area contributed by atoms with Crippen LogP contribution in [0.25, 0.3) is 0 Å². The van der Waals surface area contributed by atoms with Crippen molar-refractivity contribution in [3.8, 4) is 0 Å². The highest BCUT2D eigenvalue weighted by Gasteiger charge is 2.38. The van der Waals surface area contributed by atoms with Gasteiger partial charge in [0.15, 0.2) is 6.10 Å². The van der Waals surface area contributed by atoms with Crippen molar-refractivity contribution in [2.75, 3.05) is 6.61 Å². The predicted octanol–water partition coefficient (Wildman–Crippen LogP) is 3.37. The lowest BCUT2D eigenvalue weighted by Crippen LogP contribution is -2.47. The van der Waals surface area contributed by atoms with Crippen LogP contribution in [0, 0.1) is 0 Å². The van der Waals surface area contributed by atoms with Gasteiger partial charge in [0.05, 0.1) is 13.0 Å². The first-order valence-electron chi connectivity index (χ1n) is 10.7. The van der Waals surface area contributed by atoms with Gasteiger partial charge < -0.3 is 24.1 Å². The zero-order valence-electron chi connectivity index (χ0n) is 18.5. The van der Waals surface area contributed by atoms with Crippen molar-refractivity contribution in [1.82, 2.24) is 0 Å². The number of hydrogen-bond acceptors (Lipinski definition) is 8. The molecule has 1 saturated heterocycles. The van der Waals surface area contributed by atoms with Gasteiger partial charge in [0.1, 0.15) is 6.10 Å². The van der Waals surface area contributed by atoms with Crippen LogP contribution in [-0.4, -0.2) is 54.1 Å². The lowest BCUT2D eigenvalue weighted by Gasteiger charge is -2.34. The van der Waals surface area contributed by atoms with Gasteiger partial charge >= 0.3 is 23.9 Å². The van der Waals surface area contributed by atoms with Gasteiger partial charge in [0, 0.05) is 25.7 Å². The average Bonchev–Trinajstić information content (AvgIpc) is 2.65. The monoisotopic (exact) mass is 432 g/mol. The second kappa shape index (κ2) is 16.6. The fraction of sp³-hybridized carbons (Fsp3) is 0.810. The first-order chi connectivity index (χ1) is 14.3. The van der Waals surface area contributed by atoms with E-state index in [0.717, 1.165) is 6.42 Å². The Labute approximate surface area is 178 Å². The summed E-state index contributed by atoms with van der Waals surface area (Å²) in [7, 11) is 0. The van der Waals surface area contributed by atoms with Crippen molar-refractivity contribution in [2.24, 2.45) is 0 Å². The fourth-order valence-corrected chi connectivity index (χ4v) is 2.52. The molecule has 0 radical (unpaired) electrons. The molecule has 1 unspecified atom stereocenters. The van der Waals surface area contributed by atoms with Crippen molar-refractivity contribution in [2.45, 2.75) is 104 Å². The van der Waals surface area contributed by atoms with Crippen LogP contribution in [0.5, 0.6) is 0 Å². The number of carbonyl (C=O) groups is 4. The molecule has 0 aromatic heterocycles. The minimum atomic E-state index is -0.787. The molecule has 1 heterocycles. The largest absolute Gasteiger partial charge is 0.481 e. The van der Waals surface area contributed by atoms with Gasteiger partial charge in [-0.3, -0.25) is 19.2 Å². The molecule has 0 saturated carbocycles. The van der Waals surface area contributed by atoms with Gasteiger partial charge in [-0.25, -0.2) is 0 Å². The van der Waals surface area contributed by atoms with Crippen molar-refractivity contribution in [1.29, 1.82) is 0 Å². The Morgan fingerprint density at radius 3 is 1.57 bits per heavy atom. The van der Waals surface area contributed by atoms with Crippen molar-refractivity contribution in [3.63, 3.8) is 0 Å². The molecule has 0 amide bonds. The number of carboxylic acids is 1. The molecule has 0 aliphatic carbocycles. The molecular formula is C21H36O9. The number of rotatable bonds is 11. The van der Waals surface area contributed by atoms with Gasteiger partial charge in [-0.1, -0.05) is 27.7 Å². The van der Waals surface area contributed by atoms with Gasteiger partial charge in [0.25, 0.3) is 0 Å². The molecule has 1 aliphatic heterocycles. The number of carbonyl (C=O) groups excluding carboxylic acids is 3. The maximum absolute atomic E-state index is 11.8. The van der Waals surface area contributed by atoms with Crippen molar-refractivity contribution in [3.05, 3.63) is 0 Å². The van der Waals surface area contributed by atoms with E-state index in [0.29, 0.717) is 38.5 Å². The second-order valence-electron chi connectivity index (χ2n) is 6.94. The molecule has 1 N–H and O–H groups in total. The molecule has 174 valence electrons. The Kier molecular flexibility index (Phi) is 15.4. The molecule has 30 heavy (non-hydrogen) atoms. The molecule has 0 aromatic rings. The van der Waals surface area contributed by atoms with Crippen molar-refractivity contribution < 1.29 is 43.2 Å². The summed E-state index contributed by atoms with van der Waals surface area (Å²) in [6, 6.07) is 0. The van der Waals surface area contributed by atoms with E-state index < -0.39 is 24.5 Å². The van der Waals surface area contributed by atoms with Crippen LogP contribution in [0.1, 0.15) is 85.5 Å². The molecule has 0 spiro atoms. The number of esters is 3. The third-order valence-corrected chi connectivity index (χ3v) is 3.94. The van der Waals surface area contributed by atoms with E-state index in [4.69, 9.17) is 24.1 Å². The van der Waals surface area contributed by atoms with Gasteiger partial charge in [0.2, 0.25) is 6.29 Å². The van der Waals surface area contributed by atoms with Crippen LogP contribution >= 0.6 is 0 Å². The standard InChI is InChI=1S/C17H28O7.C4H8O2/c1-4-7-14(18)22-12-10-17(24-16(20)9-6-3)21-11-13(12)23-15(19)8-5-2;1-2-3-4(5)6/h12-13,17H,4-11H2,1-3H3;2-3H2,1H3,(H,5,6)/t12-,13+,17?;/m1./s1. The molecule has 0 aromatic carbocycles. The van der Waals surface area contributed by atoms with E-state index in [1.807, 2.05) is 27.7 Å². The summed E-state index contributed by atoms with van der Waals surface area (Å²) in [5.74, 6) is -1.79. The second-order valence-corrected chi connectivity index (χ2v) is 6.94. The normalized spacial score (nSPS) is 20.3. The molecule has 1 rings (SSSR count). The summed E-state index contributed by atoms with van der Waals surface area (Å²) < 4.78 is 21.4. The zero-order chi connectivity index (χ0) is 22.9. The zero-order valence-corrected chi connectivity index (χ0v) is 18.5. The van der Waals surface area contributed by atoms with E-state index >= 15 is 0 Å². The molecule has 1 aliphatic rings. The molecule has 0 bridgehead atoms. The Hall–Kier alpha value is -2.16. The summed E-state index contributed by atoms with van der Waals surface area (Å²) in [5, 5.41) is 7.91. The highest BCUT2D eigenvalue weighted by molar-refractivity contribution is 5.71. The van der Waals surface area contributed by atoms with E-state index in [2.05, 4.69) is 0 Å². The number of ether oxygens (including phenoxy) is 4. The van der Waals surface area contributed by atoms with Gasteiger partial charge in [-0.15, -0.1) is 0 Å². The molecule has 1 fully saturated rings. The molecule has 3 atom stereocenters. The lowest BCUT2D eigenvalue weighted by atomic mass is 10.1. The Morgan fingerprint density at radius 2 is 1.17 bits per heavy atom. The molecule has 9 nitrogen and oxygen atoms in total. The number of aliphatic carboxylic acids is 1. The van der Waals surface area contributed by atoms with Gasteiger partial charge in [-0.05, 0) is 25.7 Å². The minimum absolute atomic E-state index is 0.0313. The summed E-state index contributed by atoms with van der Waals surface area (Å²) >= 11 is 0. The van der Waals surface area contributed by atoms with E-state index in [1.54, 1.807) is 0 Å². The third kappa shape index (κ3) is 13.1. The highest BCUT2D eigenvalue weighted by Crippen LogP contribution is 2.23. The van der Waals surface area contributed by atoms with E-state index in [1.165, 1.54) is 0 Å². The SMILES string of the molecule is CCCC(=O)O.CCCC(=O)OC1C[C@@H](OC(=O)CCC)[C@@H](OC(=O)CCC)CO1. The third-order valence-electron chi connectivity index (χ3n) is 3.94. The van der Waals surface area contributed by atoms with Gasteiger partial charge in [-0.2, -0.15) is 0 Å². The highest BCUT2D eigenvalue weighted by atomic mass is 16.7. The first kappa shape index (κ1) is 27.8. The predicted molar refractivity (Wildman–Crippen MR) is 107 cm³/mol.